The molecular weight excluding hydrogens is 492 g/mol. The molecule has 0 saturated heterocycles. The fraction of sp³-hybridized carbons (Fsp3) is 0.367. The molecule has 0 radical (unpaired) electrons. The zero-order chi connectivity index (χ0) is 27.9. The lowest BCUT2D eigenvalue weighted by molar-refractivity contribution is -0.00521. The number of aliphatic hydroxyl groups is 1. The summed E-state index contributed by atoms with van der Waals surface area (Å²) >= 11 is 0. The third kappa shape index (κ3) is 8.34. The van der Waals surface area contributed by atoms with Gasteiger partial charge in [0.05, 0.1) is 24.4 Å². The molecular formula is C30H35F2NO5. The number of carbonyl (C=O) groups is 1. The Morgan fingerprint density at radius 1 is 1.05 bits per heavy atom. The van der Waals surface area contributed by atoms with Gasteiger partial charge in [0.25, 0.3) is 0 Å². The van der Waals surface area contributed by atoms with Crippen LogP contribution in [-0.2, 0) is 17.8 Å². The van der Waals surface area contributed by atoms with E-state index in [2.05, 4.69) is 5.32 Å². The number of hydrogen-bond acceptors (Lipinski definition) is 5. The lowest BCUT2D eigenvalue weighted by atomic mass is 9.94. The molecule has 3 aromatic rings. The number of hydrogen-bond donors (Lipinski definition) is 3. The van der Waals surface area contributed by atoms with Crippen molar-refractivity contribution < 1.29 is 33.3 Å². The third-order valence-electron chi connectivity index (χ3n) is 6.28. The minimum Gasteiger partial charge on any atom is -0.488 e. The fourth-order valence-corrected chi connectivity index (χ4v) is 4.02. The molecule has 0 aliphatic carbocycles. The van der Waals surface area contributed by atoms with Crippen LogP contribution in [-0.4, -0.2) is 41.0 Å². The van der Waals surface area contributed by atoms with Crippen LogP contribution < -0.4 is 10.1 Å². The summed E-state index contributed by atoms with van der Waals surface area (Å²) in [6, 6.07) is 16.1. The molecule has 0 saturated carbocycles. The number of para-hydroxylation sites is 1. The molecule has 0 aliphatic rings. The molecule has 0 bridgehead atoms. The number of nitrogens with one attached hydrogen (secondary N) is 1. The Kier molecular flexibility index (Phi) is 9.96. The maximum atomic E-state index is 14.3. The van der Waals surface area contributed by atoms with E-state index in [4.69, 9.17) is 14.6 Å². The number of carboxylic acids is 1. The molecule has 2 atom stereocenters. The standard InChI is InChI=1S/C30H35F2NO5/c1-19-9-10-21(13-26(19)31)15-30(3,4)33-16-24(34)18-37-20(2)25-7-5-6-8-28(25)38-17-23-12-11-22(29(35)36)14-27(23)32/h5-14,20,24,33-34H,15-18H2,1-4H3,(H,35,36)/t20-,24-/m1/s1. The molecule has 0 unspecified atom stereocenters. The molecule has 204 valence electrons. The van der Waals surface area contributed by atoms with Crippen LogP contribution >= 0.6 is 0 Å². The first-order chi connectivity index (χ1) is 17.9. The van der Waals surface area contributed by atoms with Crippen molar-refractivity contribution in [1.82, 2.24) is 5.32 Å². The van der Waals surface area contributed by atoms with Crippen molar-refractivity contribution >= 4 is 5.97 Å². The van der Waals surface area contributed by atoms with Gasteiger partial charge in [-0.1, -0.05) is 36.4 Å². The zero-order valence-corrected chi connectivity index (χ0v) is 22.1. The molecule has 3 rings (SSSR count). The molecule has 0 fully saturated rings. The molecule has 0 aromatic heterocycles. The van der Waals surface area contributed by atoms with Crippen molar-refractivity contribution in [3.05, 3.63) is 100 Å². The smallest absolute Gasteiger partial charge is 0.335 e. The summed E-state index contributed by atoms with van der Waals surface area (Å²) in [5, 5.41) is 22.8. The van der Waals surface area contributed by atoms with E-state index >= 15 is 0 Å². The number of carboxylic acid groups (broad SMARTS) is 1. The second-order valence-electron chi connectivity index (χ2n) is 10.1. The predicted octanol–water partition coefficient (Wildman–Crippen LogP) is 5.60. The van der Waals surface area contributed by atoms with Crippen molar-refractivity contribution in [3.63, 3.8) is 0 Å². The molecule has 3 N–H and O–H groups in total. The van der Waals surface area contributed by atoms with E-state index in [-0.39, 0.29) is 42.2 Å². The highest BCUT2D eigenvalue weighted by molar-refractivity contribution is 5.87. The van der Waals surface area contributed by atoms with Gasteiger partial charge in [-0.15, -0.1) is 0 Å². The number of halogens is 2. The average Bonchev–Trinajstić information content (AvgIpc) is 2.87. The maximum Gasteiger partial charge on any atom is 0.335 e. The zero-order valence-electron chi connectivity index (χ0n) is 22.1. The minimum absolute atomic E-state index is 0.0724. The molecule has 3 aromatic carbocycles. The number of aryl methyl sites for hydroxylation is 1. The first-order valence-corrected chi connectivity index (χ1v) is 12.5. The summed E-state index contributed by atoms with van der Waals surface area (Å²) in [5.74, 6) is -1.58. The van der Waals surface area contributed by atoms with Gasteiger partial charge in [-0.2, -0.15) is 0 Å². The summed E-state index contributed by atoms with van der Waals surface area (Å²) in [6.45, 7) is 7.83. The van der Waals surface area contributed by atoms with Gasteiger partial charge in [-0.25, -0.2) is 13.6 Å². The second kappa shape index (κ2) is 13.0. The molecule has 0 amide bonds. The Labute approximate surface area is 222 Å². The SMILES string of the molecule is Cc1ccc(CC(C)(C)NC[C@@H](O)CO[C@H](C)c2ccccc2OCc2ccc(C(=O)O)cc2F)cc1F. The first kappa shape index (κ1) is 29.2. The van der Waals surface area contributed by atoms with Crippen molar-refractivity contribution in [2.75, 3.05) is 13.2 Å². The van der Waals surface area contributed by atoms with E-state index in [1.165, 1.54) is 12.1 Å². The van der Waals surface area contributed by atoms with E-state index in [0.29, 0.717) is 17.7 Å². The van der Waals surface area contributed by atoms with E-state index in [0.717, 1.165) is 17.2 Å². The summed E-state index contributed by atoms with van der Waals surface area (Å²) in [4.78, 5) is 11.0. The monoisotopic (exact) mass is 527 g/mol. The highest BCUT2D eigenvalue weighted by atomic mass is 19.1. The molecule has 8 heteroatoms. The first-order valence-electron chi connectivity index (χ1n) is 12.5. The van der Waals surface area contributed by atoms with Gasteiger partial charge in [0.1, 0.15) is 24.0 Å². The molecule has 6 nitrogen and oxygen atoms in total. The predicted molar refractivity (Wildman–Crippen MR) is 141 cm³/mol. The summed E-state index contributed by atoms with van der Waals surface area (Å²) in [7, 11) is 0. The maximum absolute atomic E-state index is 14.3. The number of aliphatic hydroxyl groups excluding tert-OH is 1. The lowest BCUT2D eigenvalue weighted by Gasteiger charge is -2.28. The number of benzene rings is 3. The molecule has 0 spiro atoms. The number of aromatic carboxylic acids is 1. The number of rotatable bonds is 13. The number of ether oxygens (including phenoxy) is 2. The highest BCUT2D eigenvalue weighted by Crippen LogP contribution is 2.28. The Morgan fingerprint density at radius 3 is 2.47 bits per heavy atom. The van der Waals surface area contributed by atoms with Crippen molar-refractivity contribution in [2.45, 2.75) is 58.5 Å². The molecule has 38 heavy (non-hydrogen) atoms. The largest absolute Gasteiger partial charge is 0.488 e. The lowest BCUT2D eigenvalue weighted by Crippen LogP contribution is -2.46. The van der Waals surface area contributed by atoms with Crippen LogP contribution in [0.2, 0.25) is 0 Å². The van der Waals surface area contributed by atoms with E-state index in [9.17, 15) is 18.7 Å². The van der Waals surface area contributed by atoms with Crippen molar-refractivity contribution in [2.24, 2.45) is 0 Å². The number of β-amino-alcohol motifs (C(OH)–C–C–N with tert-alkyl or cyclic N) is 1. The van der Waals surface area contributed by atoms with Crippen LogP contribution in [0.25, 0.3) is 0 Å². The highest BCUT2D eigenvalue weighted by Gasteiger charge is 2.21. The fourth-order valence-electron chi connectivity index (χ4n) is 4.02. The topological polar surface area (TPSA) is 88.0 Å². The second-order valence-corrected chi connectivity index (χ2v) is 10.1. The van der Waals surface area contributed by atoms with Gasteiger partial charge in [-0.3, -0.25) is 0 Å². The minimum atomic E-state index is -1.20. The van der Waals surface area contributed by atoms with Gasteiger partial charge in [0.15, 0.2) is 0 Å². The van der Waals surface area contributed by atoms with Crippen molar-refractivity contribution in [1.29, 1.82) is 0 Å². The average molecular weight is 528 g/mol. The van der Waals surface area contributed by atoms with Crippen LogP contribution in [0.1, 0.15) is 59.5 Å². The van der Waals surface area contributed by atoms with Gasteiger partial charge < -0.3 is 25.0 Å². The quantitative estimate of drug-likeness (QED) is 0.268. The van der Waals surface area contributed by atoms with Crippen LogP contribution in [0.15, 0.2) is 60.7 Å². The Morgan fingerprint density at radius 2 is 1.79 bits per heavy atom. The van der Waals surface area contributed by atoms with Crippen LogP contribution in [0.5, 0.6) is 5.75 Å². The van der Waals surface area contributed by atoms with Crippen LogP contribution in [0.4, 0.5) is 8.78 Å². The third-order valence-corrected chi connectivity index (χ3v) is 6.28. The molecule has 0 heterocycles. The summed E-state index contributed by atoms with van der Waals surface area (Å²) < 4.78 is 39.9. The van der Waals surface area contributed by atoms with Gasteiger partial charge >= 0.3 is 5.97 Å². The summed E-state index contributed by atoms with van der Waals surface area (Å²) in [5.41, 5.74) is 1.95. The van der Waals surface area contributed by atoms with Gasteiger partial charge in [-0.05, 0) is 69.5 Å². The Bertz CT molecular complexity index is 1250. The van der Waals surface area contributed by atoms with Gasteiger partial charge in [0, 0.05) is 23.2 Å². The van der Waals surface area contributed by atoms with Crippen LogP contribution in [0.3, 0.4) is 0 Å². The Hall–Kier alpha value is -3.33. The Balaban J connectivity index is 1.51. The van der Waals surface area contributed by atoms with Crippen molar-refractivity contribution in [3.8, 4) is 5.75 Å². The van der Waals surface area contributed by atoms with E-state index in [1.54, 1.807) is 31.2 Å². The van der Waals surface area contributed by atoms with E-state index in [1.807, 2.05) is 39.0 Å². The van der Waals surface area contributed by atoms with Gasteiger partial charge in [0.2, 0.25) is 0 Å². The molecule has 0 aliphatic heterocycles. The normalized spacial score (nSPS) is 13.2. The van der Waals surface area contributed by atoms with Crippen LogP contribution in [0, 0.1) is 18.6 Å². The van der Waals surface area contributed by atoms with E-state index < -0.39 is 24.0 Å². The summed E-state index contributed by atoms with van der Waals surface area (Å²) in [6.07, 6.45) is -0.594.